The summed E-state index contributed by atoms with van der Waals surface area (Å²) in [6.45, 7) is 1.77. The first-order valence-electron chi connectivity index (χ1n) is 7.36. The van der Waals surface area contributed by atoms with Crippen molar-refractivity contribution in [2.24, 2.45) is 0 Å². The number of nitrogens with one attached hydrogen (secondary N) is 1. The third-order valence-electron chi connectivity index (χ3n) is 3.67. The minimum absolute atomic E-state index is 0.159. The Balaban J connectivity index is 2.21. The van der Waals surface area contributed by atoms with E-state index in [0.29, 0.717) is 22.6 Å². The lowest BCUT2D eigenvalue weighted by molar-refractivity contribution is 0.0936. The van der Waals surface area contributed by atoms with Gasteiger partial charge in [-0.25, -0.2) is 4.39 Å². The van der Waals surface area contributed by atoms with E-state index in [-0.39, 0.29) is 11.7 Å². The zero-order valence-electron chi connectivity index (χ0n) is 14.1. The number of carbonyl (C=O) groups is 1. The van der Waals surface area contributed by atoms with Crippen LogP contribution in [0.25, 0.3) is 0 Å². The van der Waals surface area contributed by atoms with Crippen LogP contribution in [0.4, 0.5) is 4.39 Å². The van der Waals surface area contributed by atoms with Crippen molar-refractivity contribution in [2.75, 3.05) is 21.3 Å². The molecule has 0 radical (unpaired) electrons. The van der Waals surface area contributed by atoms with E-state index < -0.39 is 11.9 Å². The molecule has 128 valence electrons. The maximum atomic E-state index is 13.8. The third kappa shape index (κ3) is 3.76. The van der Waals surface area contributed by atoms with Gasteiger partial charge in [0.25, 0.3) is 5.91 Å². The van der Waals surface area contributed by atoms with Crippen molar-refractivity contribution >= 4 is 5.91 Å². The minimum Gasteiger partial charge on any atom is -0.497 e. The van der Waals surface area contributed by atoms with E-state index in [1.807, 2.05) is 0 Å². The van der Waals surface area contributed by atoms with Crippen molar-refractivity contribution in [2.45, 2.75) is 13.0 Å². The average Bonchev–Trinajstić information content (AvgIpc) is 2.60. The number of rotatable bonds is 6. The van der Waals surface area contributed by atoms with Gasteiger partial charge in [0.15, 0.2) is 11.6 Å². The van der Waals surface area contributed by atoms with E-state index in [4.69, 9.17) is 14.2 Å². The molecule has 0 saturated heterocycles. The second-order valence-electron chi connectivity index (χ2n) is 5.16. The SMILES string of the molecule is COc1ccc(OC)c(C(=O)NC(C)c2ccc(OC)c(F)c2)c1. The first-order valence-corrected chi connectivity index (χ1v) is 7.36. The Hall–Kier alpha value is -2.76. The highest BCUT2D eigenvalue weighted by atomic mass is 19.1. The Morgan fingerprint density at radius 2 is 1.67 bits per heavy atom. The third-order valence-corrected chi connectivity index (χ3v) is 3.67. The highest BCUT2D eigenvalue weighted by Crippen LogP contribution is 2.26. The van der Waals surface area contributed by atoms with Gasteiger partial charge in [-0.1, -0.05) is 6.07 Å². The Morgan fingerprint density at radius 3 is 2.25 bits per heavy atom. The Labute approximate surface area is 140 Å². The molecule has 1 unspecified atom stereocenters. The normalized spacial score (nSPS) is 11.5. The maximum Gasteiger partial charge on any atom is 0.255 e. The summed E-state index contributed by atoms with van der Waals surface area (Å²) in [5, 5.41) is 2.82. The summed E-state index contributed by atoms with van der Waals surface area (Å²) >= 11 is 0. The van der Waals surface area contributed by atoms with Gasteiger partial charge in [-0.2, -0.15) is 0 Å². The van der Waals surface area contributed by atoms with E-state index in [0.717, 1.165) is 0 Å². The van der Waals surface area contributed by atoms with Crippen LogP contribution in [0, 0.1) is 5.82 Å². The summed E-state index contributed by atoms with van der Waals surface area (Å²) in [7, 11) is 4.41. The first-order chi connectivity index (χ1) is 11.5. The molecular formula is C18H20FNO4. The molecule has 24 heavy (non-hydrogen) atoms. The summed E-state index contributed by atoms with van der Waals surface area (Å²) in [6.07, 6.45) is 0. The molecule has 1 amide bonds. The predicted octanol–water partition coefficient (Wildman–Crippen LogP) is 3.34. The smallest absolute Gasteiger partial charge is 0.255 e. The molecule has 5 nitrogen and oxygen atoms in total. The molecule has 0 bridgehead atoms. The summed E-state index contributed by atoms with van der Waals surface area (Å²) in [4.78, 5) is 12.5. The zero-order chi connectivity index (χ0) is 17.7. The van der Waals surface area contributed by atoms with Gasteiger partial charge in [-0.15, -0.1) is 0 Å². The molecule has 6 heteroatoms. The van der Waals surface area contributed by atoms with Crippen LogP contribution in [0.5, 0.6) is 17.2 Å². The van der Waals surface area contributed by atoms with Gasteiger partial charge < -0.3 is 19.5 Å². The highest BCUT2D eigenvalue weighted by Gasteiger charge is 2.17. The maximum absolute atomic E-state index is 13.8. The molecule has 0 fully saturated rings. The predicted molar refractivity (Wildman–Crippen MR) is 88.4 cm³/mol. The molecule has 2 aromatic carbocycles. The van der Waals surface area contributed by atoms with E-state index in [9.17, 15) is 9.18 Å². The lowest BCUT2D eigenvalue weighted by Crippen LogP contribution is -2.27. The van der Waals surface area contributed by atoms with Gasteiger partial charge in [-0.3, -0.25) is 4.79 Å². The largest absolute Gasteiger partial charge is 0.497 e. The average molecular weight is 333 g/mol. The molecule has 0 aliphatic heterocycles. The van der Waals surface area contributed by atoms with Crippen molar-refractivity contribution in [3.8, 4) is 17.2 Å². The molecule has 0 spiro atoms. The van der Waals surface area contributed by atoms with Crippen LogP contribution in [-0.4, -0.2) is 27.2 Å². The lowest BCUT2D eigenvalue weighted by Gasteiger charge is -2.17. The topological polar surface area (TPSA) is 56.8 Å². The fourth-order valence-electron chi connectivity index (χ4n) is 2.30. The second-order valence-corrected chi connectivity index (χ2v) is 5.16. The van der Waals surface area contributed by atoms with Gasteiger partial charge in [0.05, 0.1) is 32.9 Å². The van der Waals surface area contributed by atoms with Gasteiger partial charge in [0.1, 0.15) is 11.5 Å². The molecule has 2 rings (SSSR count). The van der Waals surface area contributed by atoms with Crippen LogP contribution in [0.2, 0.25) is 0 Å². The summed E-state index contributed by atoms with van der Waals surface area (Å²) in [6, 6.07) is 9.13. The van der Waals surface area contributed by atoms with Gasteiger partial charge in [0.2, 0.25) is 0 Å². The number of benzene rings is 2. The summed E-state index contributed by atoms with van der Waals surface area (Å²) in [5.74, 6) is 0.321. The standard InChI is InChI=1S/C18H20FNO4/c1-11(12-5-7-17(24-4)15(19)9-12)20-18(21)14-10-13(22-2)6-8-16(14)23-3/h5-11H,1-4H3,(H,20,21). The van der Waals surface area contributed by atoms with Crippen molar-refractivity contribution in [1.29, 1.82) is 0 Å². The molecule has 2 aromatic rings. The number of halogens is 1. The number of hydrogen-bond donors (Lipinski definition) is 1. The Kier molecular flexibility index (Phi) is 5.63. The molecule has 1 N–H and O–H groups in total. The van der Waals surface area contributed by atoms with Crippen LogP contribution >= 0.6 is 0 Å². The second kappa shape index (κ2) is 7.68. The zero-order valence-corrected chi connectivity index (χ0v) is 14.1. The van der Waals surface area contributed by atoms with E-state index in [1.54, 1.807) is 31.2 Å². The van der Waals surface area contributed by atoms with E-state index in [2.05, 4.69) is 5.32 Å². The molecule has 0 saturated carbocycles. The number of ether oxygens (including phenoxy) is 3. The highest BCUT2D eigenvalue weighted by molar-refractivity contribution is 5.97. The molecule has 0 aromatic heterocycles. The lowest BCUT2D eigenvalue weighted by atomic mass is 10.1. The van der Waals surface area contributed by atoms with E-state index in [1.165, 1.54) is 33.5 Å². The van der Waals surface area contributed by atoms with Crippen LogP contribution < -0.4 is 19.5 Å². The van der Waals surface area contributed by atoms with Crippen LogP contribution in [-0.2, 0) is 0 Å². The van der Waals surface area contributed by atoms with Gasteiger partial charge in [0, 0.05) is 0 Å². The molecule has 0 aliphatic carbocycles. The number of amides is 1. The fraction of sp³-hybridized carbons (Fsp3) is 0.278. The quantitative estimate of drug-likeness (QED) is 0.881. The Bertz CT molecular complexity index is 733. The molecule has 0 heterocycles. The number of carbonyl (C=O) groups excluding carboxylic acids is 1. The number of hydrogen-bond acceptors (Lipinski definition) is 4. The van der Waals surface area contributed by atoms with Gasteiger partial charge >= 0.3 is 0 Å². The van der Waals surface area contributed by atoms with Crippen molar-refractivity contribution in [1.82, 2.24) is 5.32 Å². The summed E-state index contributed by atoms with van der Waals surface area (Å²) in [5.41, 5.74) is 0.973. The first kappa shape index (κ1) is 17.6. The van der Waals surface area contributed by atoms with E-state index >= 15 is 0 Å². The molecular weight excluding hydrogens is 313 g/mol. The number of methoxy groups -OCH3 is 3. The molecule has 1 atom stereocenters. The Morgan fingerprint density at radius 1 is 1.00 bits per heavy atom. The van der Waals surface area contributed by atoms with Crippen LogP contribution in [0.15, 0.2) is 36.4 Å². The van der Waals surface area contributed by atoms with Crippen molar-refractivity contribution in [3.63, 3.8) is 0 Å². The van der Waals surface area contributed by atoms with Crippen LogP contribution in [0.1, 0.15) is 28.9 Å². The monoisotopic (exact) mass is 333 g/mol. The summed E-state index contributed by atoms with van der Waals surface area (Å²) < 4.78 is 29.1. The fourth-order valence-corrected chi connectivity index (χ4v) is 2.30. The van der Waals surface area contributed by atoms with Crippen molar-refractivity contribution in [3.05, 3.63) is 53.3 Å². The van der Waals surface area contributed by atoms with Gasteiger partial charge in [-0.05, 0) is 42.8 Å². The van der Waals surface area contributed by atoms with Crippen molar-refractivity contribution < 1.29 is 23.4 Å². The van der Waals surface area contributed by atoms with Crippen LogP contribution in [0.3, 0.4) is 0 Å². The molecule has 0 aliphatic rings. The minimum atomic E-state index is -0.477.